The van der Waals surface area contributed by atoms with Crippen molar-refractivity contribution in [2.45, 2.75) is 13.0 Å². The van der Waals surface area contributed by atoms with E-state index >= 15 is 0 Å². The second-order valence-corrected chi connectivity index (χ2v) is 6.19. The van der Waals surface area contributed by atoms with Crippen molar-refractivity contribution >= 4 is 46.5 Å². The standard InChI is InChI=1S/C16H12Cl3NO6/c1-8(16(21)24-2)25-15-12(18)6-10(7-13(15)19)26-14-4-3-9(20(22)23)5-11(14)17/h3-8H,1-2H3. The molecule has 0 saturated carbocycles. The van der Waals surface area contributed by atoms with Gasteiger partial charge in [0.25, 0.3) is 5.69 Å². The van der Waals surface area contributed by atoms with Gasteiger partial charge in [-0.2, -0.15) is 0 Å². The number of ether oxygens (including phenoxy) is 3. The summed E-state index contributed by atoms with van der Waals surface area (Å²) in [4.78, 5) is 21.6. The van der Waals surface area contributed by atoms with Gasteiger partial charge in [-0.05, 0) is 13.0 Å². The lowest BCUT2D eigenvalue weighted by molar-refractivity contribution is -0.384. The van der Waals surface area contributed by atoms with Crippen molar-refractivity contribution in [3.05, 3.63) is 55.5 Å². The van der Waals surface area contributed by atoms with E-state index in [2.05, 4.69) is 4.74 Å². The molecule has 0 heterocycles. The lowest BCUT2D eigenvalue weighted by atomic mass is 10.3. The molecule has 10 heteroatoms. The first-order valence-corrected chi connectivity index (χ1v) is 8.21. The fraction of sp³-hybridized carbons (Fsp3) is 0.188. The maximum Gasteiger partial charge on any atom is 0.346 e. The summed E-state index contributed by atoms with van der Waals surface area (Å²) in [5, 5.41) is 11.0. The van der Waals surface area contributed by atoms with Crippen molar-refractivity contribution < 1.29 is 23.9 Å². The number of methoxy groups -OCH3 is 1. The summed E-state index contributed by atoms with van der Waals surface area (Å²) in [5.41, 5.74) is -0.168. The summed E-state index contributed by atoms with van der Waals surface area (Å²) >= 11 is 18.3. The van der Waals surface area contributed by atoms with Crippen LogP contribution in [0.1, 0.15) is 6.92 Å². The molecule has 0 aliphatic carbocycles. The number of hydrogen-bond acceptors (Lipinski definition) is 6. The summed E-state index contributed by atoms with van der Waals surface area (Å²) in [6.07, 6.45) is -0.911. The molecule has 7 nitrogen and oxygen atoms in total. The van der Waals surface area contributed by atoms with Crippen LogP contribution in [0, 0.1) is 10.1 Å². The molecular formula is C16H12Cl3NO6. The fourth-order valence-electron chi connectivity index (χ4n) is 1.91. The number of nitro groups is 1. The van der Waals surface area contributed by atoms with Gasteiger partial charge in [0.1, 0.15) is 11.5 Å². The molecule has 0 spiro atoms. The minimum Gasteiger partial charge on any atom is -0.476 e. The van der Waals surface area contributed by atoms with E-state index in [-0.39, 0.29) is 38.0 Å². The van der Waals surface area contributed by atoms with Gasteiger partial charge in [0.05, 0.1) is 27.1 Å². The van der Waals surface area contributed by atoms with Crippen LogP contribution in [0.4, 0.5) is 5.69 Å². The van der Waals surface area contributed by atoms with E-state index in [0.717, 1.165) is 6.07 Å². The molecule has 0 saturated heterocycles. The Labute approximate surface area is 163 Å². The number of nitro benzene ring substituents is 1. The molecule has 138 valence electrons. The van der Waals surface area contributed by atoms with Gasteiger partial charge in [-0.25, -0.2) is 4.79 Å². The zero-order valence-corrected chi connectivity index (χ0v) is 15.8. The summed E-state index contributed by atoms with van der Waals surface area (Å²) in [6, 6.07) is 6.58. The van der Waals surface area contributed by atoms with E-state index in [1.807, 2.05) is 0 Å². The Morgan fingerprint density at radius 1 is 1.12 bits per heavy atom. The van der Waals surface area contributed by atoms with Crippen molar-refractivity contribution in [2.75, 3.05) is 7.11 Å². The van der Waals surface area contributed by atoms with E-state index in [1.165, 1.54) is 38.3 Å². The third-order valence-corrected chi connectivity index (χ3v) is 4.01. The Bertz CT molecular complexity index is 835. The number of hydrogen-bond donors (Lipinski definition) is 0. The third-order valence-electron chi connectivity index (χ3n) is 3.15. The maximum absolute atomic E-state index is 11.4. The Kier molecular flexibility index (Phi) is 6.52. The highest BCUT2D eigenvalue weighted by Gasteiger charge is 2.20. The van der Waals surface area contributed by atoms with Crippen molar-refractivity contribution in [2.24, 2.45) is 0 Å². The quantitative estimate of drug-likeness (QED) is 0.358. The number of esters is 1. The van der Waals surface area contributed by atoms with Crippen molar-refractivity contribution in [3.8, 4) is 17.2 Å². The van der Waals surface area contributed by atoms with Crippen molar-refractivity contribution in [1.29, 1.82) is 0 Å². The number of carbonyl (C=O) groups excluding carboxylic acids is 1. The van der Waals surface area contributed by atoms with Crippen LogP contribution in [0.3, 0.4) is 0 Å². The van der Waals surface area contributed by atoms with Crippen LogP contribution >= 0.6 is 34.8 Å². The predicted molar refractivity (Wildman–Crippen MR) is 96.7 cm³/mol. The van der Waals surface area contributed by atoms with Crippen LogP contribution in [-0.4, -0.2) is 24.1 Å². The molecule has 1 unspecified atom stereocenters. The van der Waals surface area contributed by atoms with Gasteiger partial charge >= 0.3 is 5.97 Å². The van der Waals surface area contributed by atoms with Crippen molar-refractivity contribution in [1.82, 2.24) is 0 Å². The number of rotatable bonds is 6. The number of carbonyl (C=O) groups is 1. The second-order valence-electron chi connectivity index (χ2n) is 4.97. The van der Waals surface area contributed by atoms with Crippen LogP contribution in [0.15, 0.2) is 30.3 Å². The third kappa shape index (κ3) is 4.69. The Morgan fingerprint density at radius 3 is 2.23 bits per heavy atom. The molecule has 0 radical (unpaired) electrons. The fourth-order valence-corrected chi connectivity index (χ4v) is 2.68. The van der Waals surface area contributed by atoms with Gasteiger partial charge in [0, 0.05) is 24.3 Å². The summed E-state index contributed by atoms with van der Waals surface area (Å²) in [5.74, 6) is -0.0849. The van der Waals surface area contributed by atoms with Gasteiger partial charge in [-0.15, -0.1) is 0 Å². The average Bonchev–Trinajstić information content (AvgIpc) is 2.58. The zero-order chi connectivity index (χ0) is 19.4. The van der Waals surface area contributed by atoms with Crippen LogP contribution in [0.5, 0.6) is 17.2 Å². The van der Waals surface area contributed by atoms with Crippen LogP contribution in [0.2, 0.25) is 15.1 Å². The minimum atomic E-state index is -0.911. The lowest BCUT2D eigenvalue weighted by Gasteiger charge is -2.16. The highest BCUT2D eigenvalue weighted by Crippen LogP contribution is 2.40. The van der Waals surface area contributed by atoms with Crippen LogP contribution in [-0.2, 0) is 9.53 Å². The Hall–Kier alpha value is -2.22. The monoisotopic (exact) mass is 419 g/mol. The molecule has 0 aliphatic rings. The molecule has 0 N–H and O–H groups in total. The van der Waals surface area contributed by atoms with E-state index in [1.54, 1.807) is 0 Å². The van der Waals surface area contributed by atoms with Gasteiger partial charge in [0.15, 0.2) is 11.9 Å². The van der Waals surface area contributed by atoms with Gasteiger partial charge in [0.2, 0.25) is 0 Å². The number of halogens is 3. The van der Waals surface area contributed by atoms with Crippen LogP contribution in [0.25, 0.3) is 0 Å². The molecule has 2 aromatic carbocycles. The molecule has 0 aromatic heterocycles. The number of nitrogens with zero attached hydrogens (tertiary/aromatic N) is 1. The normalized spacial score (nSPS) is 11.6. The van der Waals surface area contributed by atoms with Crippen LogP contribution < -0.4 is 9.47 Å². The highest BCUT2D eigenvalue weighted by atomic mass is 35.5. The molecule has 0 bridgehead atoms. The highest BCUT2D eigenvalue weighted by molar-refractivity contribution is 6.37. The molecule has 0 aliphatic heterocycles. The van der Waals surface area contributed by atoms with E-state index in [4.69, 9.17) is 44.3 Å². The lowest BCUT2D eigenvalue weighted by Crippen LogP contribution is -2.25. The van der Waals surface area contributed by atoms with Gasteiger partial charge in [-0.1, -0.05) is 34.8 Å². The minimum absolute atomic E-state index is 0.0473. The largest absolute Gasteiger partial charge is 0.476 e. The summed E-state index contributed by atoms with van der Waals surface area (Å²) in [6.45, 7) is 1.49. The zero-order valence-electron chi connectivity index (χ0n) is 13.5. The first kappa shape index (κ1) is 20.1. The molecule has 0 amide bonds. The molecular weight excluding hydrogens is 409 g/mol. The maximum atomic E-state index is 11.4. The first-order chi connectivity index (χ1) is 12.2. The average molecular weight is 421 g/mol. The second kappa shape index (κ2) is 8.44. The number of non-ortho nitro benzene ring substituents is 1. The smallest absolute Gasteiger partial charge is 0.346 e. The molecule has 1 atom stereocenters. The summed E-state index contributed by atoms with van der Waals surface area (Å²) < 4.78 is 15.5. The molecule has 0 fully saturated rings. The SMILES string of the molecule is COC(=O)C(C)Oc1c(Cl)cc(Oc2ccc([N+](=O)[O-])cc2Cl)cc1Cl. The topological polar surface area (TPSA) is 87.9 Å². The summed E-state index contributed by atoms with van der Waals surface area (Å²) in [7, 11) is 1.23. The van der Waals surface area contributed by atoms with E-state index in [9.17, 15) is 14.9 Å². The van der Waals surface area contributed by atoms with Crippen molar-refractivity contribution in [3.63, 3.8) is 0 Å². The predicted octanol–water partition coefficient (Wildman–Crippen LogP) is 5.29. The van der Waals surface area contributed by atoms with E-state index in [0.29, 0.717) is 0 Å². The first-order valence-electron chi connectivity index (χ1n) is 7.08. The molecule has 26 heavy (non-hydrogen) atoms. The molecule has 2 aromatic rings. The Balaban J connectivity index is 2.25. The van der Waals surface area contributed by atoms with E-state index < -0.39 is 17.0 Å². The van der Waals surface area contributed by atoms with Gasteiger partial charge < -0.3 is 14.2 Å². The number of benzene rings is 2. The molecule has 2 rings (SSSR count). The Morgan fingerprint density at radius 2 is 1.73 bits per heavy atom. The van der Waals surface area contributed by atoms with Gasteiger partial charge in [-0.3, -0.25) is 10.1 Å².